The summed E-state index contributed by atoms with van der Waals surface area (Å²) in [6.07, 6.45) is 13.3. The fourth-order valence-corrected chi connectivity index (χ4v) is 3.69. The molecule has 0 heterocycles. The van der Waals surface area contributed by atoms with Crippen LogP contribution in [0.2, 0.25) is 0 Å². The van der Waals surface area contributed by atoms with E-state index < -0.39 is 0 Å². The molecule has 3 nitrogen and oxygen atoms in total. The smallest absolute Gasteiger partial charge is 0.0394 e. The summed E-state index contributed by atoms with van der Waals surface area (Å²) in [6.45, 7) is 6.16. The Morgan fingerprint density at radius 1 is 1.30 bits per heavy atom. The van der Waals surface area contributed by atoms with E-state index in [2.05, 4.69) is 37.9 Å². The largest absolute Gasteiger partial charge is 0.302 e. The molecule has 0 spiro atoms. The third-order valence-corrected chi connectivity index (χ3v) is 5.28. The second-order valence-corrected chi connectivity index (χ2v) is 6.83. The van der Waals surface area contributed by atoms with Gasteiger partial charge in [0.1, 0.15) is 0 Å². The Morgan fingerprint density at radius 2 is 1.95 bits per heavy atom. The number of likely N-dealkylation sites (N-methyl/N-ethyl adjacent to an activating group) is 1. The number of nitrogens with zero attached hydrogens (tertiary/aromatic N) is 1. The van der Waals surface area contributed by atoms with Crippen LogP contribution in [0.15, 0.2) is 12.7 Å². The first-order chi connectivity index (χ1) is 9.56. The maximum absolute atomic E-state index is 5.91. The zero-order valence-corrected chi connectivity index (χ0v) is 13.8. The lowest BCUT2D eigenvalue weighted by Gasteiger charge is -2.49. The van der Waals surface area contributed by atoms with Gasteiger partial charge in [0, 0.05) is 11.6 Å². The van der Waals surface area contributed by atoms with Gasteiger partial charge in [-0.3, -0.25) is 11.3 Å². The number of hydrazine groups is 1. The Labute approximate surface area is 126 Å². The molecule has 3 heteroatoms. The molecule has 0 saturated heterocycles. The van der Waals surface area contributed by atoms with Gasteiger partial charge in [0.15, 0.2) is 0 Å². The van der Waals surface area contributed by atoms with E-state index >= 15 is 0 Å². The van der Waals surface area contributed by atoms with E-state index in [0.29, 0.717) is 6.04 Å². The summed E-state index contributed by atoms with van der Waals surface area (Å²) in [4.78, 5) is 2.42. The van der Waals surface area contributed by atoms with Crippen LogP contribution < -0.4 is 11.3 Å². The van der Waals surface area contributed by atoms with E-state index in [-0.39, 0.29) is 5.54 Å². The summed E-state index contributed by atoms with van der Waals surface area (Å²) in [5, 5.41) is 0. The van der Waals surface area contributed by atoms with E-state index in [1.54, 1.807) is 0 Å². The number of allylic oxidation sites excluding steroid dienone is 1. The standard InChI is InChI=1S/C17H35N3/c1-5-6-7-8-9-10-16(19-18)17(20(3)4)13-11-15(2)12-14-17/h5,15-16,19H,1,6-14,18H2,2-4H3. The van der Waals surface area contributed by atoms with Gasteiger partial charge in [-0.05, 0) is 65.0 Å². The van der Waals surface area contributed by atoms with Crippen molar-refractivity contribution in [1.29, 1.82) is 0 Å². The molecule has 0 aromatic heterocycles. The van der Waals surface area contributed by atoms with Crippen LogP contribution in [0.25, 0.3) is 0 Å². The van der Waals surface area contributed by atoms with Gasteiger partial charge in [0.05, 0.1) is 0 Å². The van der Waals surface area contributed by atoms with Crippen LogP contribution in [0.5, 0.6) is 0 Å². The van der Waals surface area contributed by atoms with Gasteiger partial charge in [-0.25, -0.2) is 0 Å². The molecule has 1 saturated carbocycles. The van der Waals surface area contributed by atoms with Crippen LogP contribution in [0.3, 0.4) is 0 Å². The van der Waals surface area contributed by atoms with Crippen molar-refractivity contribution in [1.82, 2.24) is 10.3 Å². The molecule has 0 amide bonds. The van der Waals surface area contributed by atoms with E-state index in [0.717, 1.165) is 12.3 Å². The summed E-state index contributed by atoms with van der Waals surface area (Å²) < 4.78 is 0. The highest BCUT2D eigenvalue weighted by Gasteiger charge is 2.42. The van der Waals surface area contributed by atoms with Gasteiger partial charge in [0.2, 0.25) is 0 Å². The van der Waals surface area contributed by atoms with Crippen molar-refractivity contribution in [2.24, 2.45) is 11.8 Å². The monoisotopic (exact) mass is 281 g/mol. The minimum atomic E-state index is 0.250. The maximum atomic E-state index is 5.91. The molecular formula is C17H35N3. The average Bonchev–Trinajstić information content (AvgIpc) is 2.44. The number of hydrogen-bond donors (Lipinski definition) is 2. The van der Waals surface area contributed by atoms with Gasteiger partial charge in [-0.1, -0.05) is 25.8 Å². The quantitative estimate of drug-likeness (QED) is 0.294. The van der Waals surface area contributed by atoms with Crippen LogP contribution in [-0.4, -0.2) is 30.6 Å². The second-order valence-electron chi connectivity index (χ2n) is 6.83. The van der Waals surface area contributed by atoms with Crippen molar-refractivity contribution < 1.29 is 0 Å². The third kappa shape index (κ3) is 4.57. The number of rotatable bonds is 9. The lowest BCUT2D eigenvalue weighted by atomic mass is 9.71. The highest BCUT2D eigenvalue weighted by molar-refractivity contribution is 5.00. The Bertz CT molecular complexity index is 267. The van der Waals surface area contributed by atoms with Crippen LogP contribution in [0, 0.1) is 5.92 Å². The van der Waals surface area contributed by atoms with Crippen LogP contribution >= 0.6 is 0 Å². The van der Waals surface area contributed by atoms with Crippen LogP contribution in [0.4, 0.5) is 0 Å². The van der Waals surface area contributed by atoms with Gasteiger partial charge in [-0.15, -0.1) is 6.58 Å². The summed E-state index contributed by atoms with van der Waals surface area (Å²) in [7, 11) is 4.44. The van der Waals surface area contributed by atoms with Crippen LogP contribution in [0.1, 0.15) is 64.7 Å². The van der Waals surface area contributed by atoms with Gasteiger partial charge in [0.25, 0.3) is 0 Å². The minimum absolute atomic E-state index is 0.250. The molecule has 0 radical (unpaired) electrons. The van der Waals surface area contributed by atoms with Crippen molar-refractivity contribution in [3.8, 4) is 0 Å². The third-order valence-electron chi connectivity index (χ3n) is 5.28. The summed E-state index contributed by atoms with van der Waals surface area (Å²) in [5.74, 6) is 6.78. The molecule has 0 aliphatic heterocycles. The molecule has 118 valence electrons. The van der Waals surface area contributed by atoms with Crippen molar-refractivity contribution in [2.45, 2.75) is 76.3 Å². The zero-order chi connectivity index (χ0) is 15.0. The predicted molar refractivity (Wildman–Crippen MR) is 88.4 cm³/mol. The Kier molecular flexibility index (Phi) is 7.78. The van der Waals surface area contributed by atoms with E-state index in [1.807, 2.05) is 6.08 Å². The molecule has 1 atom stereocenters. The normalized spacial score (nSPS) is 28.6. The molecule has 3 N–H and O–H groups in total. The highest BCUT2D eigenvalue weighted by Crippen LogP contribution is 2.38. The summed E-state index contributed by atoms with van der Waals surface area (Å²) >= 11 is 0. The molecule has 1 fully saturated rings. The highest BCUT2D eigenvalue weighted by atomic mass is 15.3. The molecule has 20 heavy (non-hydrogen) atoms. The summed E-state index contributed by atoms with van der Waals surface area (Å²) in [5.41, 5.74) is 3.39. The molecular weight excluding hydrogens is 246 g/mol. The number of hydrogen-bond acceptors (Lipinski definition) is 3. The van der Waals surface area contributed by atoms with Crippen molar-refractivity contribution in [3.63, 3.8) is 0 Å². The first kappa shape index (κ1) is 17.7. The van der Waals surface area contributed by atoms with E-state index in [4.69, 9.17) is 5.84 Å². The maximum Gasteiger partial charge on any atom is 0.0394 e. The average molecular weight is 281 g/mol. The van der Waals surface area contributed by atoms with Crippen molar-refractivity contribution in [3.05, 3.63) is 12.7 Å². The van der Waals surface area contributed by atoms with E-state index in [1.165, 1.54) is 51.4 Å². The number of nitrogens with one attached hydrogen (secondary N) is 1. The molecule has 1 aliphatic carbocycles. The SMILES string of the molecule is C=CCCCCCC(NN)C1(N(C)C)CCC(C)CC1. The van der Waals surface area contributed by atoms with Crippen molar-refractivity contribution in [2.75, 3.05) is 14.1 Å². The molecule has 1 unspecified atom stereocenters. The number of unbranched alkanes of at least 4 members (excludes halogenated alkanes) is 3. The van der Waals surface area contributed by atoms with Gasteiger partial charge >= 0.3 is 0 Å². The molecule has 0 aromatic rings. The van der Waals surface area contributed by atoms with Crippen LogP contribution in [-0.2, 0) is 0 Å². The minimum Gasteiger partial charge on any atom is -0.302 e. The Balaban J connectivity index is 2.55. The first-order valence-electron chi connectivity index (χ1n) is 8.31. The number of nitrogens with two attached hydrogens (primary N) is 1. The molecule has 0 bridgehead atoms. The topological polar surface area (TPSA) is 41.3 Å². The lowest BCUT2D eigenvalue weighted by Crippen LogP contribution is -2.62. The Hall–Kier alpha value is -0.380. The van der Waals surface area contributed by atoms with Crippen molar-refractivity contribution >= 4 is 0 Å². The lowest BCUT2D eigenvalue weighted by molar-refractivity contribution is 0.0394. The van der Waals surface area contributed by atoms with Gasteiger partial charge in [-0.2, -0.15) is 0 Å². The Morgan fingerprint density at radius 3 is 2.45 bits per heavy atom. The molecule has 0 aromatic carbocycles. The zero-order valence-electron chi connectivity index (χ0n) is 13.8. The second kappa shape index (κ2) is 8.81. The fraction of sp³-hybridized carbons (Fsp3) is 0.882. The van der Waals surface area contributed by atoms with E-state index in [9.17, 15) is 0 Å². The van der Waals surface area contributed by atoms with Gasteiger partial charge < -0.3 is 4.90 Å². The predicted octanol–water partition coefficient (Wildman–Crippen LogP) is 3.47. The molecule has 1 aliphatic rings. The fourth-order valence-electron chi connectivity index (χ4n) is 3.69. The summed E-state index contributed by atoms with van der Waals surface area (Å²) in [6, 6.07) is 0.411. The molecule has 1 rings (SSSR count). The first-order valence-corrected chi connectivity index (χ1v) is 8.31.